The average molecular weight is 296 g/mol. The molecule has 0 saturated carbocycles. The van der Waals surface area contributed by atoms with Gasteiger partial charge in [-0.05, 0) is 6.42 Å². The molecule has 1 aliphatic rings. The molecule has 4 heteroatoms. The fraction of sp³-hybridized carbons (Fsp3) is 0.765. The molecule has 0 amide bonds. The monoisotopic (exact) mass is 296 g/mol. The molecule has 2 atom stereocenters. The summed E-state index contributed by atoms with van der Waals surface area (Å²) in [5.41, 5.74) is 0. The summed E-state index contributed by atoms with van der Waals surface area (Å²) in [5.74, 6) is -0.257. The largest absolute Gasteiger partial charge is 0.459 e. The standard InChI is InChI=1S/C17H28O4/c1-2-3-4-5-6-7-9-14(18)12-15(19)13-16-10-8-11-17(20)21-16/h8,11,15-16,19H,2-7,9-10,12-13H2,1H3/t15-,16-/m0/s1. The van der Waals surface area contributed by atoms with Crippen LogP contribution in [0.25, 0.3) is 0 Å². The van der Waals surface area contributed by atoms with Crippen molar-refractivity contribution in [2.75, 3.05) is 0 Å². The van der Waals surface area contributed by atoms with Gasteiger partial charge in [-0.15, -0.1) is 0 Å². The van der Waals surface area contributed by atoms with Crippen LogP contribution >= 0.6 is 0 Å². The van der Waals surface area contributed by atoms with E-state index in [2.05, 4.69) is 6.92 Å². The van der Waals surface area contributed by atoms with Gasteiger partial charge in [0.25, 0.3) is 0 Å². The Morgan fingerprint density at radius 2 is 2.05 bits per heavy atom. The van der Waals surface area contributed by atoms with Crippen LogP contribution < -0.4 is 0 Å². The lowest BCUT2D eigenvalue weighted by atomic mass is 10.00. The van der Waals surface area contributed by atoms with Gasteiger partial charge in [0.05, 0.1) is 6.10 Å². The van der Waals surface area contributed by atoms with Crippen molar-refractivity contribution in [2.24, 2.45) is 0 Å². The maximum absolute atomic E-state index is 11.8. The zero-order chi connectivity index (χ0) is 15.5. The number of esters is 1. The van der Waals surface area contributed by atoms with E-state index in [4.69, 9.17) is 4.74 Å². The first-order chi connectivity index (χ1) is 10.1. The van der Waals surface area contributed by atoms with Crippen LogP contribution in [0.1, 0.15) is 71.1 Å². The smallest absolute Gasteiger partial charge is 0.330 e. The molecule has 0 saturated heterocycles. The number of aliphatic hydroxyl groups is 1. The molecule has 21 heavy (non-hydrogen) atoms. The number of aliphatic hydroxyl groups excluding tert-OH is 1. The third-order valence-electron chi connectivity index (χ3n) is 3.74. The minimum atomic E-state index is -0.707. The van der Waals surface area contributed by atoms with Gasteiger partial charge in [0.2, 0.25) is 0 Å². The summed E-state index contributed by atoms with van der Waals surface area (Å²) in [5, 5.41) is 9.89. The van der Waals surface area contributed by atoms with E-state index < -0.39 is 6.10 Å². The second-order valence-electron chi connectivity index (χ2n) is 5.85. The van der Waals surface area contributed by atoms with Crippen molar-refractivity contribution >= 4 is 11.8 Å². The number of unbranched alkanes of at least 4 members (excludes halogenated alkanes) is 5. The van der Waals surface area contributed by atoms with Gasteiger partial charge in [-0.1, -0.05) is 45.1 Å². The molecule has 0 fully saturated rings. The quantitative estimate of drug-likeness (QED) is 0.469. The van der Waals surface area contributed by atoms with Crippen molar-refractivity contribution in [3.8, 4) is 0 Å². The van der Waals surface area contributed by atoms with Gasteiger partial charge in [0, 0.05) is 31.8 Å². The normalized spacial score (nSPS) is 19.3. The number of ketones is 1. The minimum Gasteiger partial charge on any atom is -0.459 e. The highest BCUT2D eigenvalue weighted by atomic mass is 16.5. The second-order valence-corrected chi connectivity index (χ2v) is 5.85. The number of hydrogen-bond donors (Lipinski definition) is 1. The SMILES string of the molecule is CCCCCCCCC(=O)C[C@H](O)C[C@@H]1CC=CC(=O)O1. The number of ether oxygens (including phenoxy) is 1. The average Bonchev–Trinajstić information content (AvgIpc) is 2.42. The molecule has 1 N–H and O–H groups in total. The number of cyclic esters (lactones) is 1. The molecule has 0 aromatic rings. The lowest BCUT2D eigenvalue weighted by molar-refractivity contribution is -0.145. The van der Waals surface area contributed by atoms with Crippen molar-refractivity contribution in [3.05, 3.63) is 12.2 Å². The van der Waals surface area contributed by atoms with E-state index in [1.54, 1.807) is 6.08 Å². The van der Waals surface area contributed by atoms with Crippen LogP contribution in [0.5, 0.6) is 0 Å². The highest BCUT2D eigenvalue weighted by Gasteiger charge is 2.21. The lowest BCUT2D eigenvalue weighted by Gasteiger charge is -2.21. The first-order valence-electron chi connectivity index (χ1n) is 8.18. The maximum atomic E-state index is 11.8. The topological polar surface area (TPSA) is 63.6 Å². The van der Waals surface area contributed by atoms with E-state index in [0.717, 1.165) is 12.8 Å². The number of rotatable bonds is 11. The van der Waals surface area contributed by atoms with Gasteiger partial charge < -0.3 is 9.84 Å². The summed E-state index contributed by atoms with van der Waals surface area (Å²) < 4.78 is 5.08. The van der Waals surface area contributed by atoms with Crippen LogP contribution in [0.15, 0.2) is 12.2 Å². The first kappa shape index (κ1) is 17.9. The Kier molecular flexibility index (Phi) is 8.99. The van der Waals surface area contributed by atoms with Crippen LogP contribution in [-0.4, -0.2) is 29.1 Å². The van der Waals surface area contributed by atoms with E-state index in [1.807, 2.05) is 0 Å². The van der Waals surface area contributed by atoms with E-state index in [-0.39, 0.29) is 24.3 Å². The molecule has 0 radical (unpaired) electrons. The van der Waals surface area contributed by atoms with Crippen molar-refractivity contribution in [3.63, 3.8) is 0 Å². The number of hydrogen-bond acceptors (Lipinski definition) is 4. The summed E-state index contributed by atoms with van der Waals surface area (Å²) in [7, 11) is 0. The Labute approximate surface area is 127 Å². The molecule has 1 aliphatic heterocycles. The number of carbonyl (C=O) groups excluding carboxylic acids is 2. The summed E-state index contributed by atoms with van der Waals surface area (Å²) in [6, 6.07) is 0. The van der Waals surface area contributed by atoms with Gasteiger partial charge in [-0.3, -0.25) is 4.79 Å². The van der Waals surface area contributed by atoms with Gasteiger partial charge in [-0.25, -0.2) is 4.79 Å². The zero-order valence-electron chi connectivity index (χ0n) is 13.1. The molecule has 0 spiro atoms. The molecule has 1 heterocycles. The molecule has 4 nitrogen and oxygen atoms in total. The molecule has 1 rings (SSSR count). The van der Waals surface area contributed by atoms with E-state index in [9.17, 15) is 14.7 Å². The first-order valence-corrected chi connectivity index (χ1v) is 8.18. The lowest BCUT2D eigenvalue weighted by Crippen LogP contribution is -2.26. The summed E-state index contributed by atoms with van der Waals surface area (Å²) >= 11 is 0. The van der Waals surface area contributed by atoms with Crippen molar-refractivity contribution < 1.29 is 19.4 Å². The molecule has 0 bridgehead atoms. The Bertz CT molecular complexity index is 349. The van der Waals surface area contributed by atoms with Gasteiger partial charge in [0.1, 0.15) is 11.9 Å². The number of carbonyl (C=O) groups is 2. The Morgan fingerprint density at radius 1 is 1.33 bits per heavy atom. The van der Waals surface area contributed by atoms with E-state index in [1.165, 1.54) is 31.8 Å². The van der Waals surface area contributed by atoms with Crippen LogP contribution in [0, 0.1) is 0 Å². The Balaban J connectivity index is 2.07. The fourth-order valence-corrected chi connectivity index (χ4v) is 2.57. The van der Waals surface area contributed by atoms with E-state index >= 15 is 0 Å². The predicted molar refractivity (Wildman–Crippen MR) is 81.9 cm³/mol. The molecule has 0 aliphatic carbocycles. The maximum Gasteiger partial charge on any atom is 0.330 e. The third-order valence-corrected chi connectivity index (χ3v) is 3.74. The van der Waals surface area contributed by atoms with Crippen LogP contribution in [0.2, 0.25) is 0 Å². The zero-order valence-corrected chi connectivity index (χ0v) is 13.1. The van der Waals surface area contributed by atoms with Crippen LogP contribution in [0.3, 0.4) is 0 Å². The van der Waals surface area contributed by atoms with Crippen LogP contribution in [0.4, 0.5) is 0 Å². The van der Waals surface area contributed by atoms with Gasteiger partial charge in [0.15, 0.2) is 0 Å². The molecular formula is C17H28O4. The summed E-state index contributed by atoms with van der Waals surface area (Å²) in [4.78, 5) is 22.8. The van der Waals surface area contributed by atoms with Gasteiger partial charge in [-0.2, -0.15) is 0 Å². The minimum absolute atomic E-state index is 0.107. The van der Waals surface area contributed by atoms with Crippen LogP contribution in [-0.2, 0) is 14.3 Å². The molecule has 0 aromatic heterocycles. The fourth-order valence-electron chi connectivity index (χ4n) is 2.57. The van der Waals surface area contributed by atoms with Crippen molar-refractivity contribution in [2.45, 2.75) is 83.3 Å². The Morgan fingerprint density at radius 3 is 2.76 bits per heavy atom. The highest BCUT2D eigenvalue weighted by Crippen LogP contribution is 2.16. The number of Topliss-reactive ketones (excluding diaryl/α,β-unsaturated/α-hetero) is 1. The molecule has 0 unspecified atom stereocenters. The van der Waals surface area contributed by atoms with Crippen molar-refractivity contribution in [1.82, 2.24) is 0 Å². The summed E-state index contributed by atoms with van der Waals surface area (Å²) in [6.45, 7) is 2.18. The highest BCUT2D eigenvalue weighted by molar-refractivity contribution is 5.82. The predicted octanol–water partition coefficient (Wildman–Crippen LogP) is 3.32. The molecule has 0 aromatic carbocycles. The Hall–Kier alpha value is -1.16. The molecular weight excluding hydrogens is 268 g/mol. The summed E-state index contributed by atoms with van der Waals surface area (Å²) in [6.07, 6.45) is 10.8. The van der Waals surface area contributed by atoms with Crippen molar-refractivity contribution in [1.29, 1.82) is 0 Å². The second kappa shape index (κ2) is 10.6. The van der Waals surface area contributed by atoms with E-state index in [0.29, 0.717) is 19.3 Å². The third kappa shape index (κ3) is 8.66. The molecule has 120 valence electrons. The van der Waals surface area contributed by atoms with Gasteiger partial charge >= 0.3 is 5.97 Å².